The van der Waals surface area contributed by atoms with Crippen LogP contribution in [0.4, 0.5) is 0 Å². The maximum atomic E-state index is 11.0. The third-order valence-corrected chi connectivity index (χ3v) is 9.79. The second-order valence-corrected chi connectivity index (χ2v) is 13.7. The number of unbranched alkanes of at least 4 members (excludes halogenated alkanes) is 5. The molecule has 49 heavy (non-hydrogen) atoms. The van der Waals surface area contributed by atoms with Crippen LogP contribution in [0.2, 0.25) is 0 Å². The Kier molecular flexibility index (Phi) is 15.4. The minimum atomic E-state index is -1.74. The summed E-state index contributed by atoms with van der Waals surface area (Å²) in [7, 11) is 0. The highest BCUT2D eigenvalue weighted by Gasteiger charge is 2.53. The van der Waals surface area contributed by atoms with Crippen LogP contribution in [-0.2, 0) is 37.9 Å². The van der Waals surface area contributed by atoms with Crippen molar-refractivity contribution in [3.05, 3.63) is 0 Å². The van der Waals surface area contributed by atoms with E-state index in [0.29, 0.717) is 6.61 Å². The van der Waals surface area contributed by atoms with Crippen LogP contribution in [0, 0.1) is 0 Å². The summed E-state index contributed by atoms with van der Waals surface area (Å²) in [5, 5.41) is 95.6. The fourth-order valence-electron chi connectivity index (χ4n) is 6.62. The van der Waals surface area contributed by atoms with Crippen molar-refractivity contribution in [2.24, 2.45) is 0 Å². The van der Waals surface area contributed by atoms with Gasteiger partial charge >= 0.3 is 0 Å². The Hall–Kier alpha value is -0.680. The minimum absolute atomic E-state index is 0.351. The molecule has 288 valence electrons. The Morgan fingerprint density at radius 2 is 0.735 bits per heavy atom. The predicted molar refractivity (Wildman–Crippen MR) is 165 cm³/mol. The summed E-state index contributed by atoms with van der Waals surface area (Å²) < 4.78 is 45.8. The lowest BCUT2D eigenvalue weighted by atomic mass is 9.96. The van der Waals surface area contributed by atoms with Crippen LogP contribution in [0.15, 0.2) is 0 Å². The number of rotatable bonds is 14. The molecule has 0 aromatic carbocycles. The minimum Gasteiger partial charge on any atom is -0.388 e. The average Bonchev–Trinajstić information content (AvgIpc) is 3.06. The molecule has 0 amide bonds. The van der Waals surface area contributed by atoms with Crippen molar-refractivity contribution in [1.82, 2.24) is 0 Å². The molecule has 0 aromatic rings. The smallest absolute Gasteiger partial charge is 0.187 e. The standard InChI is InChI=1S/C32H58O17/c1-6-7-8-9-10-11-12-42-29-23(39)19(35)26(14(3)44-29)48-31-25(41)21(37)28(16(5)46-31)49-32-24(40)20(36)27(15(4)45-32)47-30-22(38)18(34)17(33)13(2)43-30/h13-41H,6-12H2,1-5H3/t13-,14-,15-,16-,17+,18+,19-,20-,21-,22-,23-,24-,25-,26+,27+,28+,29-,30-,31-,32-/m0/s1. The van der Waals surface area contributed by atoms with Gasteiger partial charge in [-0.1, -0.05) is 39.0 Å². The SMILES string of the molecule is CCCCCCCCO[C@H]1O[C@@H](C)[C@@H](O[C@@H]2O[C@@H](C)[C@@H](O[C@@H]3O[C@@H](C)[C@@H](O[C@@H]4O[C@@H](C)[C@@H](O)[C@@H](O)[C@@H]4O)[C@@H](O)[C@@H]3O)[C@@H](O)[C@@H]2O)[C@@H](O)[C@@H]1O. The molecule has 0 bridgehead atoms. The molecule has 0 spiro atoms. The van der Waals surface area contributed by atoms with E-state index in [1.807, 2.05) is 0 Å². The first kappa shape index (κ1) is 41.1. The normalized spacial score (nSPS) is 49.6. The summed E-state index contributed by atoms with van der Waals surface area (Å²) in [4.78, 5) is 0. The second-order valence-electron chi connectivity index (χ2n) is 13.7. The van der Waals surface area contributed by atoms with Gasteiger partial charge in [-0.15, -0.1) is 0 Å². The monoisotopic (exact) mass is 714 g/mol. The summed E-state index contributed by atoms with van der Waals surface area (Å²) in [5.74, 6) is 0. The van der Waals surface area contributed by atoms with Gasteiger partial charge in [0.1, 0.15) is 73.2 Å². The third-order valence-electron chi connectivity index (χ3n) is 9.79. The molecule has 4 heterocycles. The number of ether oxygens (including phenoxy) is 8. The van der Waals surface area contributed by atoms with Gasteiger partial charge in [-0.2, -0.15) is 0 Å². The maximum absolute atomic E-state index is 11.0. The van der Waals surface area contributed by atoms with Crippen molar-refractivity contribution in [3.63, 3.8) is 0 Å². The molecule has 4 fully saturated rings. The van der Waals surface area contributed by atoms with E-state index < -0.39 is 123 Å². The molecule has 4 aliphatic heterocycles. The molecule has 20 atom stereocenters. The first-order chi connectivity index (χ1) is 23.2. The summed E-state index contributed by atoms with van der Waals surface area (Å²) in [6.07, 6.45) is -20.8. The zero-order chi connectivity index (χ0) is 36.2. The fourth-order valence-corrected chi connectivity index (χ4v) is 6.62. The van der Waals surface area contributed by atoms with Crippen molar-refractivity contribution >= 4 is 0 Å². The zero-order valence-corrected chi connectivity index (χ0v) is 28.8. The lowest BCUT2D eigenvalue weighted by Crippen LogP contribution is -2.66. The number of hydrogen-bond acceptors (Lipinski definition) is 17. The van der Waals surface area contributed by atoms with Gasteiger partial charge in [-0.05, 0) is 34.1 Å². The first-order valence-electron chi connectivity index (χ1n) is 17.5. The van der Waals surface area contributed by atoms with Crippen LogP contribution in [-0.4, -0.2) is 175 Å². The summed E-state index contributed by atoms with van der Waals surface area (Å²) in [5.41, 5.74) is 0. The van der Waals surface area contributed by atoms with E-state index in [1.54, 1.807) is 6.92 Å². The quantitative estimate of drug-likeness (QED) is 0.0861. The highest BCUT2D eigenvalue weighted by atomic mass is 16.8. The van der Waals surface area contributed by atoms with Crippen molar-refractivity contribution in [1.29, 1.82) is 0 Å². The highest BCUT2D eigenvalue weighted by molar-refractivity contribution is 4.96. The van der Waals surface area contributed by atoms with Gasteiger partial charge in [-0.25, -0.2) is 0 Å². The lowest BCUT2D eigenvalue weighted by Gasteiger charge is -2.48. The molecule has 4 rings (SSSR count). The van der Waals surface area contributed by atoms with Gasteiger partial charge in [0.2, 0.25) is 0 Å². The fraction of sp³-hybridized carbons (Fsp3) is 1.00. The van der Waals surface area contributed by atoms with E-state index in [-0.39, 0.29) is 0 Å². The zero-order valence-electron chi connectivity index (χ0n) is 28.8. The number of hydrogen-bond donors (Lipinski definition) is 9. The highest BCUT2D eigenvalue weighted by Crippen LogP contribution is 2.34. The molecule has 0 unspecified atom stereocenters. The Morgan fingerprint density at radius 3 is 1.18 bits per heavy atom. The van der Waals surface area contributed by atoms with Crippen LogP contribution >= 0.6 is 0 Å². The summed E-state index contributed by atoms with van der Waals surface area (Å²) in [6, 6.07) is 0. The van der Waals surface area contributed by atoms with Crippen LogP contribution in [0.25, 0.3) is 0 Å². The second kappa shape index (κ2) is 18.4. The van der Waals surface area contributed by atoms with E-state index in [2.05, 4.69) is 6.92 Å². The van der Waals surface area contributed by atoms with Gasteiger partial charge in [0.15, 0.2) is 25.2 Å². The maximum Gasteiger partial charge on any atom is 0.187 e. The van der Waals surface area contributed by atoms with E-state index in [1.165, 1.54) is 27.2 Å². The molecule has 0 aliphatic carbocycles. The summed E-state index contributed by atoms with van der Waals surface area (Å²) in [6.45, 7) is 8.58. The average molecular weight is 715 g/mol. The van der Waals surface area contributed by atoms with Crippen LogP contribution in [0.5, 0.6) is 0 Å². The topological polar surface area (TPSA) is 256 Å². The molecule has 17 nitrogen and oxygen atoms in total. The number of aliphatic hydroxyl groups excluding tert-OH is 9. The van der Waals surface area contributed by atoms with E-state index in [9.17, 15) is 46.0 Å². The van der Waals surface area contributed by atoms with Gasteiger partial charge in [-0.3, -0.25) is 0 Å². The Morgan fingerprint density at radius 1 is 0.388 bits per heavy atom. The number of aliphatic hydroxyl groups is 9. The van der Waals surface area contributed by atoms with E-state index in [4.69, 9.17) is 37.9 Å². The Bertz CT molecular complexity index is 980. The lowest BCUT2D eigenvalue weighted by molar-refractivity contribution is -0.381. The van der Waals surface area contributed by atoms with Gasteiger partial charge in [0, 0.05) is 6.61 Å². The molecule has 4 saturated heterocycles. The Balaban J connectivity index is 1.28. The first-order valence-corrected chi connectivity index (χ1v) is 17.5. The van der Waals surface area contributed by atoms with Crippen molar-refractivity contribution in [2.75, 3.05) is 6.61 Å². The van der Waals surface area contributed by atoms with E-state index >= 15 is 0 Å². The molecule has 9 N–H and O–H groups in total. The van der Waals surface area contributed by atoms with Gasteiger partial charge in [0.05, 0.1) is 24.4 Å². The molecule has 0 aromatic heterocycles. The van der Waals surface area contributed by atoms with Crippen molar-refractivity contribution in [3.8, 4) is 0 Å². The van der Waals surface area contributed by atoms with Crippen LogP contribution in [0.3, 0.4) is 0 Å². The Labute approximate surface area is 286 Å². The van der Waals surface area contributed by atoms with Crippen LogP contribution in [0.1, 0.15) is 73.1 Å². The van der Waals surface area contributed by atoms with Crippen molar-refractivity contribution < 1.29 is 83.9 Å². The summed E-state index contributed by atoms with van der Waals surface area (Å²) >= 11 is 0. The molecular weight excluding hydrogens is 656 g/mol. The molecule has 0 radical (unpaired) electrons. The largest absolute Gasteiger partial charge is 0.388 e. The molecule has 4 aliphatic rings. The molecule has 17 heteroatoms. The molecular formula is C32H58O17. The van der Waals surface area contributed by atoms with Crippen LogP contribution < -0.4 is 0 Å². The van der Waals surface area contributed by atoms with Gasteiger partial charge in [0.25, 0.3) is 0 Å². The predicted octanol–water partition coefficient (Wildman–Crippen LogP) is -2.25. The van der Waals surface area contributed by atoms with Gasteiger partial charge < -0.3 is 83.9 Å². The van der Waals surface area contributed by atoms with Crippen molar-refractivity contribution in [2.45, 2.75) is 196 Å². The molecule has 0 saturated carbocycles. The third kappa shape index (κ3) is 9.66. The van der Waals surface area contributed by atoms with E-state index in [0.717, 1.165) is 32.1 Å².